The predicted molar refractivity (Wildman–Crippen MR) is 117 cm³/mol. The minimum atomic E-state index is -0.00356. The topological polar surface area (TPSA) is 52.7 Å². The third-order valence-corrected chi connectivity index (χ3v) is 5.50. The SMILES string of the molecule is Cc1cc(-c2nc3ccc(C(C)C)cc3n2C(C)c2ccccn2)cn(C)c1=O. The standard InChI is InChI=1S/C24H26N4O/c1-15(2)18-9-10-21-22(13-18)28(17(4)20-8-6-7-11-25-20)23(26-21)19-12-16(3)24(29)27(5)14-19/h6-15,17H,1-5H3. The fourth-order valence-corrected chi connectivity index (χ4v) is 3.82. The molecule has 0 spiro atoms. The maximum absolute atomic E-state index is 12.2. The molecule has 0 N–H and O–H groups in total. The van der Waals surface area contributed by atoms with Crippen LogP contribution in [0.4, 0.5) is 0 Å². The van der Waals surface area contributed by atoms with E-state index in [1.165, 1.54) is 5.56 Å². The minimum absolute atomic E-state index is 0.00356. The van der Waals surface area contributed by atoms with Crippen LogP contribution in [0.5, 0.6) is 0 Å². The minimum Gasteiger partial charge on any atom is -0.318 e. The van der Waals surface area contributed by atoms with Crippen LogP contribution in [-0.4, -0.2) is 19.1 Å². The first-order chi connectivity index (χ1) is 13.9. The largest absolute Gasteiger partial charge is 0.318 e. The van der Waals surface area contributed by atoms with Gasteiger partial charge in [0.15, 0.2) is 0 Å². The number of hydrogen-bond acceptors (Lipinski definition) is 3. The van der Waals surface area contributed by atoms with Crippen LogP contribution in [0.2, 0.25) is 0 Å². The Morgan fingerprint density at radius 3 is 2.48 bits per heavy atom. The molecule has 0 aliphatic carbocycles. The molecule has 148 valence electrons. The predicted octanol–water partition coefficient (Wildman–Crippen LogP) is 4.84. The molecule has 1 unspecified atom stereocenters. The van der Waals surface area contributed by atoms with Gasteiger partial charge in [-0.25, -0.2) is 4.98 Å². The summed E-state index contributed by atoms with van der Waals surface area (Å²) in [5.74, 6) is 1.27. The molecule has 4 aromatic rings. The van der Waals surface area contributed by atoms with Gasteiger partial charge in [-0.15, -0.1) is 0 Å². The molecule has 0 amide bonds. The van der Waals surface area contributed by atoms with E-state index in [2.05, 4.69) is 48.5 Å². The third kappa shape index (κ3) is 3.37. The quantitative estimate of drug-likeness (QED) is 0.504. The molecule has 5 nitrogen and oxygen atoms in total. The first kappa shape index (κ1) is 19.1. The van der Waals surface area contributed by atoms with Crippen molar-refractivity contribution < 1.29 is 0 Å². The lowest BCUT2D eigenvalue weighted by Crippen LogP contribution is -2.19. The number of imidazole rings is 1. The Hall–Kier alpha value is -3.21. The summed E-state index contributed by atoms with van der Waals surface area (Å²) in [5.41, 5.74) is 5.91. The molecular formula is C24H26N4O. The van der Waals surface area contributed by atoms with Gasteiger partial charge in [0.25, 0.3) is 5.56 Å². The summed E-state index contributed by atoms with van der Waals surface area (Å²) >= 11 is 0. The summed E-state index contributed by atoms with van der Waals surface area (Å²) in [6, 6.07) is 14.4. The van der Waals surface area contributed by atoms with Gasteiger partial charge < -0.3 is 9.13 Å². The van der Waals surface area contributed by atoms with E-state index in [1.54, 1.807) is 11.6 Å². The Balaban J connectivity index is 2.02. The van der Waals surface area contributed by atoms with E-state index in [0.717, 1.165) is 28.1 Å². The van der Waals surface area contributed by atoms with Gasteiger partial charge in [-0.2, -0.15) is 0 Å². The molecule has 0 bridgehead atoms. The molecule has 1 atom stereocenters. The van der Waals surface area contributed by atoms with Crippen LogP contribution >= 0.6 is 0 Å². The van der Waals surface area contributed by atoms with E-state index in [-0.39, 0.29) is 11.6 Å². The average Bonchev–Trinajstić information content (AvgIpc) is 3.10. The second-order valence-corrected chi connectivity index (χ2v) is 7.97. The number of rotatable bonds is 4. The zero-order valence-electron chi connectivity index (χ0n) is 17.5. The molecule has 0 saturated heterocycles. The molecule has 0 aliphatic heterocycles. The Kier molecular flexibility index (Phi) is 4.82. The highest BCUT2D eigenvalue weighted by molar-refractivity contribution is 5.82. The van der Waals surface area contributed by atoms with E-state index < -0.39 is 0 Å². The third-order valence-electron chi connectivity index (χ3n) is 5.50. The Bertz CT molecular complexity index is 1210. The van der Waals surface area contributed by atoms with Gasteiger partial charge in [-0.1, -0.05) is 26.0 Å². The highest BCUT2D eigenvalue weighted by Crippen LogP contribution is 2.32. The number of aryl methyl sites for hydroxylation is 2. The zero-order valence-corrected chi connectivity index (χ0v) is 17.5. The highest BCUT2D eigenvalue weighted by atomic mass is 16.1. The van der Waals surface area contributed by atoms with Crippen LogP contribution < -0.4 is 5.56 Å². The lowest BCUT2D eigenvalue weighted by atomic mass is 10.0. The molecule has 3 aromatic heterocycles. The van der Waals surface area contributed by atoms with Crippen molar-refractivity contribution in [3.8, 4) is 11.4 Å². The Morgan fingerprint density at radius 1 is 1.03 bits per heavy atom. The van der Waals surface area contributed by atoms with Crippen molar-refractivity contribution in [1.29, 1.82) is 0 Å². The van der Waals surface area contributed by atoms with Crippen LogP contribution in [0.1, 0.15) is 49.6 Å². The second kappa shape index (κ2) is 7.32. The van der Waals surface area contributed by atoms with Crippen LogP contribution in [-0.2, 0) is 7.05 Å². The Labute approximate surface area is 170 Å². The summed E-state index contributed by atoms with van der Waals surface area (Å²) in [6.07, 6.45) is 3.68. The number of pyridine rings is 2. The van der Waals surface area contributed by atoms with Gasteiger partial charge in [-0.3, -0.25) is 9.78 Å². The van der Waals surface area contributed by atoms with Gasteiger partial charge >= 0.3 is 0 Å². The summed E-state index contributed by atoms with van der Waals surface area (Å²) < 4.78 is 3.86. The molecular weight excluding hydrogens is 360 g/mol. The van der Waals surface area contributed by atoms with Crippen molar-refractivity contribution in [2.75, 3.05) is 0 Å². The molecule has 0 radical (unpaired) electrons. The lowest BCUT2D eigenvalue weighted by molar-refractivity contribution is 0.643. The zero-order chi connectivity index (χ0) is 20.7. The van der Waals surface area contributed by atoms with E-state index in [0.29, 0.717) is 11.5 Å². The lowest BCUT2D eigenvalue weighted by Gasteiger charge is -2.18. The van der Waals surface area contributed by atoms with Crippen LogP contribution in [0.3, 0.4) is 0 Å². The van der Waals surface area contributed by atoms with E-state index in [9.17, 15) is 4.79 Å². The van der Waals surface area contributed by atoms with Crippen molar-refractivity contribution in [1.82, 2.24) is 19.1 Å². The Morgan fingerprint density at radius 2 is 1.83 bits per heavy atom. The van der Waals surface area contributed by atoms with Gasteiger partial charge in [0.05, 0.1) is 22.8 Å². The summed E-state index contributed by atoms with van der Waals surface area (Å²) in [4.78, 5) is 21.8. The second-order valence-electron chi connectivity index (χ2n) is 7.97. The van der Waals surface area contributed by atoms with Crippen molar-refractivity contribution in [3.05, 3.63) is 82.0 Å². The smallest absolute Gasteiger partial charge is 0.253 e. The number of aromatic nitrogens is 4. The number of fused-ring (bicyclic) bond motifs is 1. The summed E-state index contributed by atoms with van der Waals surface area (Å²) in [7, 11) is 1.78. The van der Waals surface area contributed by atoms with Gasteiger partial charge in [0.1, 0.15) is 5.82 Å². The highest BCUT2D eigenvalue weighted by Gasteiger charge is 2.21. The van der Waals surface area contributed by atoms with Crippen molar-refractivity contribution in [3.63, 3.8) is 0 Å². The van der Waals surface area contributed by atoms with Gasteiger partial charge in [0, 0.05) is 30.6 Å². The molecule has 5 heteroatoms. The van der Waals surface area contributed by atoms with Crippen LogP contribution in [0.15, 0.2) is 59.7 Å². The molecule has 0 saturated carbocycles. The van der Waals surface area contributed by atoms with E-state index in [4.69, 9.17) is 4.98 Å². The summed E-state index contributed by atoms with van der Waals surface area (Å²) in [5, 5.41) is 0. The maximum atomic E-state index is 12.2. The first-order valence-corrected chi connectivity index (χ1v) is 9.97. The monoisotopic (exact) mass is 386 g/mol. The molecule has 3 heterocycles. The molecule has 0 aliphatic rings. The van der Waals surface area contributed by atoms with Crippen LogP contribution in [0.25, 0.3) is 22.4 Å². The number of benzene rings is 1. The van der Waals surface area contributed by atoms with Crippen molar-refractivity contribution in [2.24, 2.45) is 7.05 Å². The van der Waals surface area contributed by atoms with Crippen molar-refractivity contribution in [2.45, 2.75) is 39.7 Å². The fourth-order valence-electron chi connectivity index (χ4n) is 3.82. The van der Waals surface area contributed by atoms with Crippen molar-refractivity contribution >= 4 is 11.0 Å². The first-order valence-electron chi connectivity index (χ1n) is 9.97. The normalized spacial score (nSPS) is 12.6. The molecule has 4 rings (SSSR count). The summed E-state index contributed by atoms with van der Waals surface area (Å²) in [6.45, 7) is 8.38. The number of hydrogen-bond donors (Lipinski definition) is 0. The molecule has 1 aromatic carbocycles. The number of nitrogens with zero attached hydrogens (tertiary/aromatic N) is 4. The molecule has 29 heavy (non-hydrogen) atoms. The van der Waals surface area contributed by atoms with E-state index in [1.807, 2.05) is 43.6 Å². The van der Waals surface area contributed by atoms with Crippen LogP contribution in [0, 0.1) is 6.92 Å². The van der Waals surface area contributed by atoms with Gasteiger partial charge in [0.2, 0.25) is 0 Å². The average molecular weight is 386 g/mol. The fraction of sp³-hybridized carbons (Fsp3) is 0.292. The van der Waals surface area contributed by atoms with Gasteiger partial charge in [-0.05, 0) is 55.7 Å². The maximum Gasteiger partial charge on any atom is 0.253 e. The van der Waals surface area contributed by atoms with E-state index >= 15 is 0 Å². The molecule has 0 fully saturated rings.